The third-order valence-corrected chi connectivity index (χ3v) is 3.20. The molecule has 0 aliphatic carbocycles. The molecule has 20 heavy (non-hydrogen) atoms. The third kappa shape index (κ3) is 3.60. The molecule has 0 saturated heterocycles. The summed E-state index contributed by atoms with van der Waals surface area (Å²) in [5, 5.41) is 0. The van der Waals surface area contributed by atoms with Crippen LogP contribution in [0.25, 0.3) is 0 Å². The van der Waals surface area contributed by atoms with E-state index in [0.29, 0.717) is 17.1 Å². The van der Waals surface area contributed by atoms with Crippen LogP contribution in [0.3, 0.4) is 0 Å². The van der Waals surface area contributed by atoms with Gasteiger partial charge in [0.15, 0.2) is 0 Å². The number of pyridine rings is 1. The minimum Gasteiger partial charge on any atom is -0.455 e. The number of aromatic nitrogens is 2. The van der Waals surface area contributed by atoms with Gasteiger partial charge in [-0.05, 0) is 40.5 Å². The standard InChI is InChI=1S/C14H16BrN3O2/c1-2-5-18-8-11(16)6-13(18)14(19)20-9-12-4-3-10(15)7-17-12/h3-4,6-8H,2,5,9,16H2,1H3. The Labute approximate surface area is 125 Å². The number of nitrogens with zero attached hydrogens (tertiary/aromatic N) is 2. The molecule has 5 nitrogen and oxygen atoms in total. The summed E-state index contributed by atoms with van der Waals surface area (Å²) in [5.74, 6) is -0.389. The molecule has 2 heterocycles. The van der Waals surface area contributed by atoms with Crippen LogP contribution in [0.5, 0.6) is 0 Å². The van der Waals surface area contributed by atoms with Crippen molar-refractivity contribution >= 4 is 27.6 Å². The zero-order chi connectivity index (χ0) is 14.5. The number of halogens is 1. The van der Waals surface area contributed by atoms with E-state index in [-0.39, 0.29) is 12.6 Å². The van der Waals surface area contributed by atoms with Crippen LogP contribution in [-0.4, -0.2) is 15.5 Å². The minimum atomic E-state index is -0.389. The molecule has 0 atom stereocenters. The van der Waals surface area contributed by atoms with Gasteiger partial charge in [-0.15, -0.1) is 0 Å². The largest absolute Gasteiger partial charge is 0.455 e. The highest BCUT2D eigenvalue weighted by Gasteiger charge is 2.14. The first-order valence-electron chi connectivity index (χ1n) is 6.33. The van der Waals surface area contributed by atoms with Crippen molar-refractivity contribution in [3.05, 3.63) is 46.5 Å². The SMILES string of the molecule is CCCn1cc(N)cc1C(=O)OCc1ccc(Br)cn1. The smallest absolute Gasteiger partial charge is 0.355 e. The van der Waals surface area contributed by atoms with Crippen LogP contribution in [0.15, 0.2) is 35.1 Å². The van der Waals surface area contributed by atoms with E-state index in [1.54, 1.807) is 24.5 Å². The molecule has 0 amide bonds. The van der Waals surface area contributed by atoms with Crippen molar-refractivity contribution in [2.75, 3.05) is 5.73 Å². The number of hydrogen-bond donors (Lipinski definition) is 1. The van der Waals surface area contributed by atoms with Gasteiger partial charge in [0.1, 0.15) is 12.3 Å². The molecular formula is C14H16BrN3O2. The van der Waals surface area contributed by atoms with Gasteiger partial charge in [-0.3, -0.25) is 4.98 Å². The molecule has 2 N–H and O–H groups in total. The summed E-state index contributed by atoms with van der Waals surface area (Å²) in [6.07, 6.45) is 4.33. The Hall–Kier alpha value is -1.82. The highest BCUT2D eigenvalue weighted by Crippen LogP contribution is 2.14. The highest BCUT2D eigenvalue weighted by atomic mass is 79.9. The average molecular weight is 338 g/mol. The number of anilines is 1. The Balaban J connectivity index is 2.03. The number of nitrogen functional groups attached to an aromatic ring is 1. The zero-order valence-electron chi connectivity index (χ0n) is 11.2. The molecule has 0 bridgehead atoms. The van der Waals surface area contributed by atoms with Crippen LogP contribution >= 0.6 is 15.9 Å². The predicted octanol–water partition coefficient (Wildman–Crippen LogP) is 2.99. The van der Waals surface area contributed by atoms with Crippen molar-refractivity contribution in [1.82, 2.24) is 9.55 Å². The Kier molecular flexibility index (Phi) is 4.79. The summed E-state index contributed by atoms with van der Waals surface area (Å²) in [7, 11) is 0. The third-order valence-electron chi connectivity index (χ3n) is 2.73. The first kappa shape index (κ1) is 14.6. The molecule has 0 aromatic carbocycles. The highest BCUT2D eigenvalue weighted by molar-refractivity contribution is 9.10. The van der Waals surface area contributed by atoms with Gasteiger partial charge in [0.25, 0.3) is 0 Å². The average Bonchev–Trinajstić information content (AvgIpc) is 2.79. The maximum absolute atomic E-state index is 12.1. The Bertz CT molecular complexity index is 593. The molecular weight excluding hydrogens is 322 g/mol. The van der Waals surface area contributed by atoms with Gasteiger partial charge in [-0.1, -0.05) is 6.92 Å². The van der Waals surface area contributed by atoms with Crippen molar-refractivity contribution in [2.45, 2.75) is 26.5 Å². The zero-order valence-corrected chi connectivity index (χ0v) is 12.8. The summed E-state index contributed by atoms with van der Waals surface area (Å²) in [5.41, 5.74) is 7.46. The van der Waals surface area contributed by atoms with Crippen LogP contribution < -0.4 is 5.73 Å². The van der Waals surface area contributed by atoms with Crippen molar-refractivity contribution in [1.29, 1.82) is 0 Å². The molecule has 0 aliphatic heterocycles. The lowest BCUT2D eigenvalue weighted by Crippen LogP contribution is -2.12. The van der Waals surface area contributed by atoms with Crippen molar-refractivity contribution in [3.8, 4) is 0 Å². The maximum Gasteiger partial charge on any atom is 0.355 e. The number of nitrogens with two attached hydrogens (primary N) is 1. The summed E-state index contributed by atoms with van der Waals surface area (Å²) in [6.45, 7) is 2.92. The summed E-state index contributed by atoms with van der Waals surface area (Å²) in [6, 6.07) is 5.29. The molecule has 0 saturated carbocycles. The van der Waals surface area contributed by atoms with Crippen LogP contribution in [0.1, 0.15) is 29.5 Å². The van der Waals surface area contributed by atoms with Crippen LogP contribution in [0.2, 0.25) is 0 Å². The fourth-order valence-corrected chi connectivity index (χ4v) is 2.07. The van der Waals surface area contributed by atoms with Gasteiger partial charge in [-0.25, -0.2) is 4.79 Å². The molecule has 0 fully saturated rings. The van der Waals surface area contributed by atoms with Crippen LogP contribution in [0, 0.1) is 0 Å². The summed E-state index contributed by atoms with van der Waals surface area (Å²) < 4.78 is 7.96. The monoisotopic (exact) mass is 337 g/mol. The molecule has 2 rings (SSSR count). The topological polar surface area (TPSA) is 70.1 Å². The second-order valence-electron chi connectivity index (χ2n) is 4.40. The molecule has 0 radical (unpaired) electrons. The van der Waals surface area contributed by atoms with E-state index < -0.39 is 0 Å². The van der Waals surface area contributed by atoms with E-state index in [4.69, 9.17) is 10.5 Å². The lowest BCUT2D eigenvalue weighted by Gasteiger charge is -2.07. The number of carbonyl (C=O) groups is 1. The lowest BCUT2D eigenvalue weighted by atomic mass is 10.3. The van der Waals surface area contributed by atoms with E-state index in [0.717, 1.165) is 17.4 Å². The van der Waals surface area contributed by atoms with E-state index >= 15 is 0 Å². The van der Waals surface area contributed by atoms with Crippen LogP contribution in [0.4, 0.5) is 5.69 Å². The second kappa shape index (κ2) is 6.56. The number of ether oxygens (including phenoxy) is 1. The summed E-state index contributed by atoms with van der Waals surface area (Å²) in [4.78, 5) is 16.2. The maximum atomic E-state index is 12.1. The fourth-order valence-electron chi connectivity index (χ4n) is 1.83. The second-order valence-corrected chi connectivity index (χ2v) is 5.31. The Morgan fingerprint density at radius 2 is 2.30 bits per heavy atom. The molecule has 0 spiro atoms. The Morgan fingerprint density at radius 1 is 1.50 bits per heavy atom. The number of esters is 1. The summed E-state index contributed by atoms with van der Waals surface area (Å²) >= 11 is 3.30. The van der Waals surface area contributed by atoms with E-state index in [1.165, 1.54) is 0 Å². The van der Waals surface area contributed by atoms with Crippen molar-refractivity contribution < 1.29 is 9.53 Å². The quantitative estimate of drug-likeness (QED) is 0.851. The molecule has 2 aromatic rings. The van der Waals surface area contributed by atoms with E-state index in [1.807, 2.05) is 17.6 Å². The first-order chi connectivity index (χ1) is 9.60. The number of carbonyl (C=O) groups excluding carboxylic acids is 1. The lowest BCUT2D eigenvalue weighted by molar-refractivity contribution is 0.0455. The van der Waals surface area contributed by atoms with Gasteiger partial charge >= 0.3 is 5.97 Å². The normalized spacial score (nSPS) is 10.5. The van der Waals surface area contributed by atoms with Gasteiger partial charge in [0.2, 0.25) is 0 Å². The minimum absolute atomic E-state index is 0.142. The molecule has 2 aromatic heterocycles. The van der Waals surface area contributed by atoms with E-state index in [9.17, 15) is 4.79 Å². The van der Waals surface area contributed by atoms with Crippen molar-refractivity contribution in [2.24, 2.45) is 0 Å². The Morgan fingerprint density at radius 3 is 2.95 bits per heavy atom. The predicted molar refractivity (Wildman–Crippen MR) is 80.2 cm³/mol. The molecule has 0 aliphatic rings. The van der Waals surface area contributed by atoms with Gasteiger partial charge < -0.3 is 15.0 Å². The van der Waals surface area contributed by atoms with Crippen molar-refractivity contribution in [3.63, 3.8) is 0 Å². The molecule has 6 heteroatoms. The van der Waals surface area contributed by atoms with Gasteiger partial charge in [0, 0.05) is 23.4 Å². The fraction of sp³-hybridized carbons (Fsp3) is 0.286. The molecule has 0 unspecified atom stereocenters. The number of aryl methyl sites for hydroxylation is 1. The number of hydrogen-bond acceptors (Lipinski definition) is 4. The molecule has 106 valence electrons. The van der Waals surface area contributed by atoms with Gasteiger partial charge in [-0.2, -0.15) is 0 Å². The number of rotatable bonds is 5. The van der Waals surface area contributed by atoms with Gasteiger partial charge in [0.05, 0.1) is 11.4 Å². The van der Waals surface area contributed by atoms with E-state index in [2.05, 4.69) is 20.9 Å². The first-order valence-corrected chi connectivity index (χ1v) is 7.12. The van der Waals surface area contributed by atoms with Crippen LogP contribution in [-0.2, 0) is 17.9 Å².